The number of rotatable bonds is 6. The lowest BCUT2D eigenvalue weighted by molar-refractivity contribution is 0.225. The van der Waals surface area contributed by atoms with Gasteiger partial charge >= 0.3 is 0 Å². The van der Waals surface area contributed by atoms with E-state index < -0.39 is 9.84 Å². The predicted octanol–water partition coefficient (Wildman–Crippen LogP) is 1.13. The molecule has 18 heavy (non-hydrogen) atoms. The summed E-state index contributed by atoms with van der Waals surface area (Å²) < 4.78 is 23.4. The Morgan fingerprint density at radius 2 is 1.89 bits per heavy atom. The number of hydrogen-bond donors (Lipinski definition) is 1. The molecule has 0 aromatic heterocycles. The molecule has 1 rings (SSSR count). The van der Waals surface area contributed by atoms with Gasteiger partial charge in [0.25, 0.3) is 0 Å². The minimum absolute atomic E-state index is 0.140. The van der Waals surface area contributed by atoms with Crippen molar-refractivity contribution in [2.24, 2.45) is 5.41 Å². The van der Waals surface area contributed by atoms with E-state index in [1.54, 1.807) is 0 Å². The maximum absolute atomic E-state index is 11.7. The third-order valence-corrected chi connectivity index (χ3v) is 5.25. The molecule has 2 unspecified atom stereocenters. The summed E-state index contributed by atoms with van der Waals surface area (Å²) in [5.74, 6) is 0. The highest BCUT2D eigenvalue weighted by Gasteiger charge is 2.35. The van der Waals surface area contributed by atoms with E-state index in [4.69, 9.17) is 0 Å². The number of nitrogens with one attached hydrogen (secondary N) is 1. The summed E-state index contributed by atoms with van der Waals surface area (Å²) in [5.41, 5.74) is 0.161. The van der Waals surface area contributed by atoms with Crippen LogP contribution in [0.4, 0.5) is 0 Å². The Bertz CT molecular complexity index is 363. The van der Waals surface area contributed by atoms with Crippen LogP contribution in [-0.2, 0) is 9.84 Å². The van der Waals surface area contributed by atoms with E-state index in [0.29, 0.717) is 0 Å². The van der Waals surface area contributed by atoms with Gasteiger partial charge in [-0.1, -0.05) is 20.3 Å². The topological polar surface area (TPSA) is 49.4 Å². The molecule has 1 fully saturated rings. The summed E-state index contributed by atoms with van der Waals surface area (Å²) in [5, 5.41) is 3.29. The first kappa shape index (κ1) is 15.9. The van der Waals surface area contributed by atoms with E-state index in [1.165, 1.54) is 6.26 Å². The van der Waals surface area contributed by atoms with Crippen molar-refractivity contribution >= 4 is 9.84 Å². The Balaban J connectivity index is 2.53. The molecule has 1 N–H and O–H groups in total. The molecule has 2 atom stereocenters. The van der Waals surface area contributed by atoms with Crippen LogP contribution in [0.1, 0.15) is 33.1 Å². The van der Waals surface area contributed by atoms with Crippen molar-refractivity contribution in [2.45, 2.75) is 44.4 Å². The van der Waals surface area contributed by atoms with Gasteiger partial charge in [0, 0.05) is 25.4 Å². The highest BCUT2D eigenvalue weighted by molar-refractivity contribution is 7.91. The van der Waals surface area contributed by atoms with Gasteiger partial charge in [-0.15, -0.1) is 0 Å². The van der Waals surface area contributed by atoms with Crippen LogP contribution in [0.5, 0.6) is 0 Å². The van der Waals surface area contributed by atoms with Crippen LogP contribution < -0.4 is 5.32 Å². The normalized spacial score (nSPS) is 25.9. The van der Waals surface area contributed by atoms with E-state index in [2.05, 4.69) is 38.2 Å². The molecule has 1 aliphatic rings. The zero-order chi connectivity index (χ0) is 14.0. The summed E-state index contributed by atoms with van der Waals surface area (Å²) in [7, 11) is 1.22. The van der Waals surface area contributed by atoms with Crippen LogP contribution in [-0.4, -0.2) is 58.1 Å². The molecule has 1 saturated carbocycles. The minimum atomic E-state index is -2.92. The Kier molecular flexibility index (Phi) is 5.21. The highest BCUT2D eigenvalue weighted by atomic mass is 32.2. The Morgan fingerprint density at radius 3 is 2.39 bits per heavy atom. The first-order valence-corrected chi connectivity index (χ1v) is 8.64. The molecule has 0 amide bonds. The van der Waals surface area contributed by atoms with E-state index in [-0.39, 0.29) is 16.7 Å². The summed E-state index contributed by atoms with van der Waals surface area (Å²) in [6.07, 6.45) is 4.17. The fraction of sp³-hybridized carbons (Fsp3) is 1.00. The Morgan fingerprint density at radius 1 is 1.28 bits per heavy atom. The van der Waals surface area contributed by atoms with Crippen molar-refractivity contribution < 1.29 is 8.42 Å². The molecular weight excluding hydrogens is 248 g/mol. The SMILES string of the molecule is CN(C)CC(C)(C)CNC1CCCC1S(C)(=O)=O. The summed E-state index contributed by atoms with van der Waals surface area (Å²) in [6.45, 7) is 6.28. The van der Waals surface area contributed by atoms with Crippen LogP contribution in [0.25, 0.3) is 0 Å². The maximum Gasteiger partial charge on any atom is 0.151 e. The van der Waals surface area contributed by atoms with Gasteiger partial charge in [-0.2, -0.15) is 0 Å². The average molecular weight is 276 g/mol. The first-order valence-electron chi connectivity index (χ1n) is 6.69. The number of nitrogens with zero attached hydrogens (tertiary/aromatic N) is 1. The summed E-state index contributed by atoms with van der Waals surface area (Å²) >= 11 is 0. The zero-order valence-electron chi connectivity index (χ0n) is 12.4. The van der Waals surface area contributed by atoms with Crippen molar-refractivity contribution in [1.29, 1.82) is 0 Å². The van der Waals surface area contributed by atoms with E-state index in [1.807, 2.05) is 0 Å². The molecule has 0 aromatic carbocycles. The first-order chi connectivity index (χ1) is 8.12. The van der Waals surface area contributed by atoms with Gasteiger partial charge < -0.3 is 10.2 Å². The van der Waals surface area contributed by atoms with Crippen LogP contribution in [0.2, 0.25) is 0 Å². The van der Waals surface area contributed by atoms with Crippen LogP contribution >= 0.6 is 0 Å². The average Bonchev–Trinajstić information content (AvgIpc) is 2.59. The lowest BCUT2D eigenvalue weighted by atomic mass is 9.92. The van der Waals surface area contributed by atoms with Gasteiger partial charge in [-0.25, -0.2) is 8.42 Å². The zero-order valence-corrected chi connectivity index (χ0v) is 13.2. The second-order valence-corrected chi connectivity index (χ2v) is 8.95. The van der Waals surface area contributed by atoms with Crippen LogP contribution in [0, 0.1) is 5.41 Å². The molecule has 0 aromatic rings. The van der Waals surface area contributed by atoms with E-state index in [0.717, 1.165) is 32.4 Å². The van der Waals surface area contributed by atoms with E-state index in [9.17, 15) is 8.42 Å². The van der Waals surface area contributed by atoms with Crippen LogP contribution in [0.3, 0.4) is 0 Å². The monoisotopic (exact) mass is 276 g/mol. The van der Waals surface area contributed by atoms with Crippen molar-refractivity contribution in [3.8, 4) is 0 Å². The van der Waals surface area contributed by atoms with Gasteiger partial charge in [0.1, 0.15) is 0 Å². The number of hydrogen-bond acceptors (Lipinski definition) is 4. The van der Waals surface area contributed by atoms with Gasteiger partial charge in [0.2, 0.25) is 0 Å². The molecule has 0 saturated heterocycles. The molecule has 0 heterocycles. The van der Waals surface area contributed by atoms with E-state index >= 15 is 0 Å². The lowest BCUT2D eigenvalue weighted by Gasteiger charge is -2.31. The molecule has 5 heteroatoms. The number of sulfone groups is 1. The standard InChI is InChI=1S/C13H28N2O2S/c1-13(2,10-15(3)4)9-14-11-7-6-8-12(11)18(5,16)17/h11-12,14H,6-10H2,1-5H3. The molecule has 0 spiro atoms. The second kappa shape index (κ2) is 5.88. The molecule has 0 radical (unpaired) electrons. The molecule has 0 aliphatic heterocycles. The van der Waals surface area contributed by atoms with Gasteiger partial charge in [-0.3, -0.25) is 0 Å². The predicted molar refractivity (Wildman–Crippen MR) is 76.6 cm³/mol. The van der Waals surface area contributed by atoms with Crippen molar-refractivity contribution in [1.82, 2.24) is 10.2 Å². The minimum Gasteiger partial charge on any atom is -0.312 e. The largest absolute Gasteiger partial charge is 0.312 e. The fourth-order valence-corrected chi connectivity index (χ4v) is 4.42. The fourth-order valence-electron chi connectivity index (χ4n) is 2.99. The van der Waals surface area contributed by atoms with Crippen molar-refractivity contribution in [3.63, 3.8) is 0 Å². The molecule has 1 aliphatic carbocycles. The molecule has 4 nitrogen and oxygen atoms in total. The molecular formula is C13H28N2O2S. The molecule has 0 bridgehead atoms. The van der Waals surface area contributed by atoms with Gasteiger partial charge in [0.15, 0.2) is 9.84 Å². The van der Waals surface area contributed by atoms with Crippen molar-refractivity contribution in [3.05, 3.63) is 0 Å². The third-order valence-electron chi connectivity index (χ3n) is 3.59. The van der Waals surface area contributed by atoms with Crippen LogP contribution in [0.15, 0.2) is 0 Å². The summed E-state index contributed by atoms with van der Waals surface area (Å²) in [4.78, 5) is 2.17. The smallest absolute Gasteiger partial charge is 0.151 e. The summed E-state index contributed by atoms with van der Waals surface area (Å²) in [6, 6.07) is 0.140. The lowest BCUT2D eigenvalue weighted by Crippen LogP contribution is -2.46. The molecule has 108 valence electrons. The maximum atomic E-state index is 11.7. The Labute approximate surface area is 112 Å². The van der Waals surface area contributed by atoms with Gasteiger partial charge in [-0.05, 0) is 32.4 Å². The quantitative estimate of drug-likeness (QED) is 0.790. The highest BCUT2D eigenvalue weighted by Crippen LogP contribution is 2.26. The second-order valence-electron chi connectivity index (χ2n) is 6.69. The van der Waals surface area contributed by atoms with Gasteiger partial charge in [0.05, 0.1) is 5.25 Å². The third kappa shape index (κ3) is 4.86. The Hall–Kier alpha value is -0.130. The van der Waals surface area contributed by atoms with Crippen molar-refractivity contribution in [2.75, 3.05) is 33.4 Å².